The van der Waals surface area contributed by atoms with E-state index in [0.717, 1.165) is 17.2 Å². The number of nitrogens with zero attached hydrogens (tertiary/aromatic N) is 13. The molecule has 4 rings (SSSR count). The maximum Gasteiger partial charge on any atom is 0.171 e. The minimum atomic E-state index is 0.711. The van der Waals surface area contributed by atoms with Crippen LogP contribution in [0.15, 0.2) is 18.7 Å². The highest BCUT2D eigenvalue weighted by molar-refractivity contribution is 4.85. The van der Waals surface area contributed by atoms with Gasteiger partial charge in [-0.25, -0.2) is 4.98 Å². The average Bonchev–Trinajstić information content (AvgIpc) is 3.37. The standard InChI is InChI=1S/3C4H7N3.C3H6N4/c1-4-5-3-7(2)6-4;1-4-3-7(2)6-5-4;1-4-3-5-7(2)6-4;1-3-4-6-7(2)5-3/h3*3H,1-2H3;1-2H3. The van der Waals surface area contributed by atoms with Crippen molar-refractivity contribution in [2.24, 2.45) is 28.2 Å². The molecule has 0 saturated carbocycles. The molecule has 28 heavy (non-hydrogen) atoms. The number of rotatable bonds is 0. The normalized spacial score (nSPS) is 9.43. The third-order valence-electron chi connectivity index (χ3n) is 2.75. The number of aryl methyl sites for hydroxylation is 8. The van der Waals surface area contributed by atoms with Gasteiger partial charge in [0.1, 0.15) is 12.2 Å². The molecular formula is C15H27N13. The van der Waals surface area contributed by atoms with Crippen LogP contribution in [0, 0.1) is 27.7 Å². The topological polar surface area (TPSA) is 136 Å². The van der Waals surface area contributed by atoms with Gasteiger partial charge in [0.25, 0.3) is 0 Å². The van der Waals surface area contributed by atoms with Crippen LogP contribution in [0.3, 0.4) is 0 Å². The second-order valence-corrected chi connectivity index (χ2v) is 5.80. The first kappa shape index (κ1) is 22.5. The summed E-state index contributed by atoms with van der Waals surface area (Å²) >= 11 is 0. The van der Waals surface area contributed by atoms with Crippen molar-refractivity contribution in [3.63, 3.8) is 0 Å². The van der Waals surface area contributed by atoms with E-state index in [1.807, 2.05) is 41.1 Å². The van der Waals surface area contributed by atoms with Gasteiger partial charge in [-0.15, -0.1) is 15.3 Å². The summed E-state index contributed by atoms with van der Waals surface area (Å²) in [7, 11) is 7.23. The summed E-state index contributed by atoms with van der Waals surface area (Å²) in [6.45, 7) is 7.48. The summed E-state index contributed by atoms with van der Waals surface area (Å²) in [5, 5.41) is 30.1. The van der Waals surface area contributed by atoms with Crippen molar-refractivity contribution in [2.45, 2.75) is 27.7 Å². The fourth-order valence-corrected chi connectivity index (χ4v) is 1.74. The monoisotopic (exact) mass is 389 g/mol. The molecule has 0 spiro atoms. The van der Waals surface area contributed by atoms with Crippen LogP contribution in [-0.2, 0) is 28.2 Å². The van der Waals surface area contributed by atoms with Gasteiger partial charge in [-0.1, -0.05) is 5.21 Å². The summed E-state index contributed by atoms with van der Waals surface area (Å²) < 4.78 is 3.35. The van der Waals surface area contributed by atoms with E-state index >= 15 is 0 Å². The van der Waals surface area contributed by atoms with E-state index in [4.69, 9.17) is 0 Å². The van der Waals surface area contributed by atoms with E-state index < -0.39 is 0 Å². The van der Waals surface area contributed by atoms with Crippen LogP contribution in [0.25, 0.3) is 0 Å². The summed E-state index contributed by atoms with van der Waals surface area (Å²) in [6, 6.07) is 0. The third kappa shape index (κ3) is 9.84. The zero-order valence-electron chi connectivity index (χ0n) is 17.5. The van der Waals surface area contributed by atoms with Crippen LogP contribution in [0.2, 0.25) is 0 Å². The highest BCUT2D eigenvalue weighted by Gasteiger charge is 1.86. The first-order valence-electron chi connectivity index (χ1n) is 8.34. The molecule has 0 N–H and O–H groups in total. The predicted octanol–water partition coefficient (Wildman–Crippen LogP) is -0.111. The molecule has 13 heteroatoms. The van der Waals surface area contributed by atoms with Gasteiger partial charge in [-0.2, -0.15) is 24.9 Å². The number of aromatic nitrogens is 13. The van der Waals surface area contributed by atoms with Crippen molar-refractivity contribution in [3.05, 3.63) is 41.8 Å². The Balaban J connectivity index is 0.000000187. The van der Waals surface area contributed by atoms with Gasteiger partial charge in [0.15, 0.2) is 5.82 Å². The van der Waals surface area contributed by atoms with E-state index in [2.05, 4.69) is 46.0 Å². The Morgan fingerprint density at radius 3 is 1.54 bits per heavy atom. The quantitative estimate of drug-likeness (QED) is 0.403. The van der Waals surface area contributed by atoms with Gasteiger partial charge < -0.3 is 0 Å². The first-order valence-corrected chi connectivity index (χ1v) is 8.34. The maximum atomic E-state index is 3.92. The smallest absolute Gasteiger partial charge is 0.171 e. The highest BCUT2D eigenvalue weighted by atomic mass is 15.6. The van der Waals surface area contributed by atoms with Gasteiger partial charge in [0.05, 0.1) is 24.6 Å². The second-order valence-electron chi connectivity index (χ2n) is 5.80. The highest BCUT2D eigenvalue weighted by Crippen LogP contribution is 1.83. The van der Waals surface area contributed by atoms with Crippen molar-refractivity contribution < 1.29 is 0 Å². The van der Waals surface area contributed by atoms with E-state index in [-0.39, 0.29) is 0 Å². The van der Waals surface area contributed by atoms with Crippen LogP contribution in [0.5, 0.6) is 0 Å². The minimum absolute atomic E-state index is 0.711. The molecule has 0 amide bonds. The zero-order valence-corrected chi connectivity index (χ0v) is 17.5. The van der Waals surface area contributed by atoms with Crippen LogP contribution >= 0.6 is 0 Å². The van der Waals surface area contributed by atoms with Crippen molar-refractivity contribution in [2.75, 3.05) is 0 Å². The summed E-state index contributed by atoms with van der Waals surface area (Å²) in [6.07, 6.45) is 5.26. The molecule has 0 fully saturated rings. The predicted molar refractivity (Wildman–Crippen MR) is 101 cm³/mol. The van der Waals surface area contributed by atoms with Crippen LogP contribution in [0.4, 0.5) is 0 Å². The number of hydrogen-bond acceptors (Lipinski definition) is 9. The zero-order chi connectivity index (χ0) is 21.1. The molecule has 0 aliphatic carbocycles. The van der Waals surface area contributed by atoms with Crippen LogP contribution in [-0.4, -0.2) is 65.0 Å². The number of hydrogen-bond donors (Lipinski definition) is 0. The third-order valence-corrected chi connectivity index (χ3v) is 2.75. The van der Waals surface area contributed by atoms with Crippen molar-refractivity contribution in [1.82, 2.24) is 65.0 Å². The molecule has 4 aromatic heterocycles. The molecule has 0 radical (unpaired) electrons. The fourth-order valence-electron chi connectivity index (χ4n) is 1.74. The lowest BCUT2D eigenvalue weighted by Crippen LogP contribution is -1.91. The Morgan fingerprint density at radius 2 is 1.39 bits per heavy atom. The van der Waals surface area contributed by atoms with Crippen molar-refractivity contribution in [3.8, 4) is 0 Å². The maximum absolute atomic E-state index is 3.92. The average molecular weight is 389 g/mol. The second kappa shape index (κ2) is 11.3. The Labute approximate surface area is 163 Å². The summed E-state index contributed by atoms with van der Waals surface area (Å²) in [4.78, 5) is 6.83. The van der Waals surface area contributed by atoms with E-state index in [9.17, 15) is 0 Å². The Morgan fingerprint density at radius 1 is 0.679 bits per heavy atom. The molecule has 0 atom stereocenters. The van der Waals surface area contributed by atoms with E-state index in [1.54, 1.807) is 42.9 Å². The van der Waals surface area contributed by atoms with Gasteiger partial charge in [-0.05, 0) is 32.9 Å². The summed E-state index contributed by atoms with van der Waals surface area (Å²) in [5.41, 5.74) is 1.92. The lowest BCUT2D eigenvalue weighted by atomic mass is 10.6. The molecular weight excluding hydrogens is 362 g/mol. The molecule has 0 aliphatic rings. The minimum Gasteiger partial charge on any atom is -0.256 e. The van der Waals surface area contributed by atoms with Gasteiger partial charge in [0, 0.05) is 27.3 Å². The molecule has 0 aromatic carbocycles. The molecule has 0 aliphatic heterocycles. The SMILES string of the molecule is Cc1cn(C)nn1.Cc1cnn(C)n1.Cc1ncn(C)n1.Cc1nnn(C)n1. The van der Waals surface area contributed by atoms with Gasteiger partial charge >= 0.3 is 0 Å². The Kier molecular flexibility index (Phi) is 9.06. The van der Waals surface area contributed by atoms with E-state index in [0.29, 0.717) is 5.82 Å². The van der Waals surface area contributed by atoms with E-state index in [1.165, 1.54) is 9.59 Å². The van der Waals surface area contributed by atoms with Crippen molar-refractivity contribution >= 4 is 0 Å². The molecule has 4 heterocycles. The van der Waals surface area contributed by atoms with Crippen LogP contribution in [0.1, 0.15) is 23.0 Å². The molecule has 152 valence electrons. The Bertz CT molecular complexity index is 710. The Hall–Kier alpha value is -3.51. The molecule has 0 saturated heterocycles. The van der Waals surface area contributed by atoms with Crippen molar-refractivity contribution in [1.29, 1.82) is 0 Å². The van der Waals surface area contributed by atoms with Crippen LogP contribution < -0.4 is 0 Å². The first-order chi connectivity index (χ1) is 13.2. The lowest BCUT2D eigenvalue weighted by Gasteiger charge is -1.77. The molecule has 4 aromatic rings. The largest absolute Gasteiger partial charge is 0.256 e. The fraction of sp³-hybridized carbons (Fsp3) is 0.533. The lowest BCUT2D eigenvalue weighted by molar-refractivity contribution is 0.629. The summed E-state index contributed by atoms with van der Waals surface area (Å²) in [5.74, 6) is 1.53. The van der Waals surface area contributed by atoms with Gasteiger partial charge in [0.2, 0.25) is 0 Å². The van der Waals surface area contributed by atoms with Gasteiger partial charge in [-0.3, -0.25) is 9.36 Å². The molecule has 13 nitrogen and oxygen atoms in total. The number of tetrazole rings is 1. The molecule has 0 unspecified atom stereocenters. The molecule has 0 bridgehead atoms.